The predicted octanol–water partition coefficient (Wildman–Crippen LogP) is -0.760. The van der Waals surface area contributed by atoms with Gasteiger partial charge in [-0.05, 0) is 19.1 Å². The lowest BCUT2D eigenvalue weighted by Crippen LogP contribution is -2.69. The Balaban J connectivity index is 2.67. The molecule has 0 saturated heterocycles. The van der Waals surface area contributed by atoms with Crippen molar-refractivity contribution in [3.05, 3.63) is 24.3 Å². The molecule has 1 atom stereocenters. The predicted molar refractivity (Wildman–Crippen MR) is 78.8 cm³/mol. The smallest absolute Gasteiger partial charge is 0.264 e. The molecule has 0 radical (unpaired) electrons. The molecular weight excluding hydrogens is 272 g/mol. The van der Waals surface area contributed by atoms with Gasteiger partial charge in [-0.25, -0.2) is 0 Å². The highest BCUT2D eigenvalue weighted by molar-refractivity contribution is 6.36. The van der Waals surface area contributed by atoms with E-state index in [0.717, 1.165) is 0 Å². The van der Waals surface area contributed by atoms with E-state index >= 15 is 0 Å². The molecule has 21 heavy (non-hydrogen) atoms. The summed E-state index contributed by atoms with van der Waals surface area (Å²) >= 11 is 0. The van der Waals surface area contributed by atoms with Crippen LogP contribution < -0.4 is 21.3 Å². The number of anilines is 2. The Kier molecular flexibility index (Phi) is 3.56. The molecule has 1 aliphatic rings. The molecule has 1 aliphatic heterocycles. The van der Waals surface area contributed by atoms with Gasteiger partial charge in [0.1, 0.15) is 0 Å². The molecule has 0 aliphatic carbocycles. The van der Waals surface area contributed by atoms with Crippen molar-refractivity contribution in [2.24, 2.45) is 11.5 Å². The fourth-order valence-electron chi connectivity index (χ4n) is 2.44. The van der Waals surface area contributed by atoms with E-state index in [4.69, 9.17) is 11.5 Å². The molecule has 1 heterocycles. The number of nitrogens with zero attached hydrogens (tertiary/aromatic N) is 2. The first-order chi connectivity index (χ1) is 9.72. The number of ketones is 1. The van der Waals surface area contributed by atoms with Gasteiger partial charge >= 0.3 is 0 Å². The van der Waals surface area contributed by atoms with E-state index in [0.29, 0.717) is 11.4 Å². The number of hydrogen-bond donors (Lipinski definition) is 2. The maximum Gasteiger partial charge on any atom is 0.264 e. The molecule has 1 aromatic carbocycles. The van der Waals surface area contributed by atoms with Crippen molar-refractivity contribution < 1.29 is 14.4 Å². The molecule has 0 spiro atoms. The van der Waals surface area contributed by atoms with Gasteiger partial charge in [-0.1, -0.05) is 12.1 Å². The highest BCUT2D eigenvalue weighted by Crippen LogP contribution is 2.33. The first kappa shape index (κ1) is 15.1. The Morgan fingerprint density at radius 3 is 1.81 bits per heavy atom. The molecule has 4 N–H and O–H groups in total. The number of likely N-dealkylation sites (N-methyl/N-ethyl adjacent to an activating group) is 2. The topological polar surface area (TPSA) is 110 Å². The first-order valence-electron chi connectivity index (χ1n) is 6.47. The van der Waals surface area contributed by atoms with Gasteiger partial charge in [0.2, 0.25) is 5.54 Å². The quantitative estimate of drug-likeness (QED) is 0.696. The van der Waals surface area contributed by atoms with Gasteiger partial charge < -0.3 is 21.3 Å². The van der Waals surface area contributed by atoms with Crippen molar-refractivity contribution in [1.82, 2.24) is 0 Å². The van der Waals surface area contributed by atoms with Crippen LogP contribution in [0.1, 0.15) is 6.92 Å². The molecule has 0 aromatic heterocycles. The van der Waals surface area contributed by atoms with Crippen LogP contribution in [-0.4, -0.2) is 43.3 Å². The van der Waals surface area contributed by atoms with Crippen LogP contribution in [0.3, 0.4) is 0 Å². The lowest BCUT2D eigenvalue weighted by Gasteiger charge is -2.29. The van der Waals surface area contributed by atoms with Crippen LogP contribution in [0.2, 0.25) is 0 Å². The Bertz CT molecular complexity index is 585. The summed E-state index contributed by atoms with van der Waals surface area (Å²) in [7, 11) is 2.95. The largest absolute Gasteiger partial charge is 0.322 e. The fourth-order valence-corrected chi connectivity index (χ4v) is 2.44. The minimum atomic E-state index is -2.31. The maximum absolute atomic E-state index is 12.6. The minimum absolute atomic E-state index is 0.503. The Hall–Kier alpha value is -2.25. The van der Waals surface area contributed by atoms with Crippen molar-refractivity contribution in [3.63, 3.8) is 0 Å². The number of benzene rings is 1. The maximum atomic E-state index is 12.6. The van der Waals surface area contributed by atoms with Gasteiger partial charge in [-0.15, -0.1) is 0 Å². The van der Waals surface area contributed by atoms with Crippen molar-refractivity contribution in [2.45, 2.75) is 18.5 Å². The fraction of sp³-hybridized carbons (Fsp3) is 0.357. The number of carbonyl (C=O) groups is 3. The molecule has 7 heteroatoms. The number of amides is 2. The van der Waals surface area contributed by atoms with Gasteiger partial charge in [0.05, 0.1) is 17.4 Å². The van der Waals surface area contributed by atoms with Gasteiger partial charge in [-0.3, -0.25) is 14.4 Å². The number of carbonyl (C=O) groups excluding carboxylic acids is 3. The summed E-state index contributed by atoms with van der Waals surface area (Å²) in [6, 6.07) is 5.80. The Morgan fingerprint density at radius 2 is 1.48 bits per heavy atom. The van der Waals surface area contributed by atoms with Crippen molar-refractivity contribution in [2.75, 3.05) is 23.9 Å². The van der Waals surface area contributed by atoms with Crippen LogP contribution in [0.4, 0.5) is 11.4 Å². The van der Waals surface area contributed by atoms with E-state index in [1.165, 1.54) is 30.8 Å². The van der Waals surface area contributed by atoms with Crippen LogP contribution in [0, 0.1) is 0 Å². The molecular formula is C14H18N4O3. The Morgan fingerprint density at radius 1 is 1.10 bits per heavy atom. The van der Waals surface area contributed by atoms with Crippen LogP contribution in [-0.2, 0) is 14.4 Å². The second-order valence-electron chi connectivity index (χ2n) is 5.18. The van der Waals surface area contributed by atoms with Gasteiger partial charge in [-0.2, -0.15) is 0 Å². The summed E-state index contributed by atoms with van der Waals surface area (Å²) in [6.07, 6.45) is 0. The first-order valence-corrected chi connectivity index (χ1v) is 6.47. The second kappa shape index (κ2) is 4.94. The van der Waals surface area contributed by atoms with Crippen molar-refractivity contribution in [3.8, 4) is 0 Å². The van der Waals surface area contributed by atoms with Gasteiger partial charge in [0.15, 0.2) is 5.78 Å². The standard InChI is InChI=1S/C14H18N4O3/c1-8(15)11(19)14(16)12(20)17(2)9-6-4-5-7-10(9)18(3)13(14)21/h4-8H,15-16H2,1-3H3/t8-/m0/s1. The summed E-state index contributed by atoms with van der Waals surface area (Å²) in [4.78, 5) is 39.9. The molecule has 2 rings (SSSR count). The molecule has 112 valence electrons. The summed E-state index contributed by atoms with van der Waals surface area (Å²) in [5.74, 6) is -2.37. The Labute approximate surface area is 122 Å². The lowest BCUT2D eigenvalue weighted by atomic mass is 9.88. The van der Waals surface area contributed by atoms with Gasteiger partial charge in [0, 0.05) is 14.1 Å². The van der Waals surface area contributed by atoms with Crippen molar-refractivity contribution in [1.29, 1.82) is 0 Å². The lowest BCUT2D eigenvalue weighted by molar-refractivity contribution is -0.141. The molecule has 2 amide bonds. The molecule has 0 saturated carbocycles. The normalized spacial score (nSPS) is 19.1. The van der Waals surface area contributed by atoms with E-state index in [9.17, 15) is 14.4 Å². The third kappa shape index (κ3) is 2.01. The number of Topliss-reactive ketones (excluding diaryl/α,β-unsaturated/α-hetero) is 1. The van der Waals surface area contributed by atoms with Gasteiger partial charge in [0.25, 0.3) is 11.8 Å². The average molecular weight is 290 g/mol. The molecule has 0 bridgehead atoms. The number of fused-ring (bicyclic) bond motifs is 1. The molecule has 7 nitrogen and oxygen atoms in total. The van der Waals surface area contributed by atoms with E-state index in [2.05, 4.69) is 0 Å². The highest BCUT2D eigenvalue weighted by Gasteiger charge is 2.55. The minimum Gasteiger partial charge on any atom is -0.322 e. The summed E-state index contributed by atoms with van der Waals surface area (Å²) < 4.78 is 0. The van der Waals surface area contributed by atoms with Crippen LogP contribution in [0.25, 0.3) is 0 Å². The van der Waals surface area contributed by atoms with Crippen molar-refractivity contribution >= 4 is 29.0 Å². The van der Waals surface area contributed by atoms with E-state index in [-0.39, 0.29) is 0 Å². The zero-order valence-corrected chi connectivity index (χ0v) is 12.2. The third-order valence-electron chi connectivity index (χ3n) is 3.69. The number of hydrogen-bond acceptors (Lipinski definition) is 5. The van der Waals surface area contributed by atoms with E-state index < -0.39 is 29.2 Å². The highest BCUT2D eigenvalue weighted by atomic mass is 16.2. The number of para-hydroxylation sites is 2. The van der Waals surface area contributed by atoms with E-state index in [1.807, 2.05) is 0 Å². The SMILES string of the molecule is C[C@H](N)C(=O)C1(N)C(=O)N(C)c2ccccc2N(C)C1=O. The second-order valence-corrected chi connectivity index (χ2v) is 5.18. The average Bonchev–Trinajstić information content (AvgIpc) is 2.54. The summed E-state index contributed by atoms with van der Waals surface area (Å²) in [6.45, 7) is 1.40. The zero-order chi connectivity index (χ0) is 15.9. The monoisotopic (exact) mass is 290 g/mol. The zero-order valence-electron chi connectivity index (χ0n) is 12.2. The summed E-state index contributed by atoms with van der Waals surface area (Å²) in [5.41, 5.74) is 10.2. The molecule has 0 fully saturated rings. The van der Waals surface area contributed by atoms with Crippen LogP contribution >= 0.6 is 0 Å². The molecule has 0 unspecified atom stereocenters. The van der Waals surface area contributed by atoms with Crippen LogP contribution in [0.15, 0.2) is 24.3 Å². The molecule has 1 aromatic rings. The van der Waals surface area contributed by atoms with Crippen LogP contribution in [0.5, 0.6) is 0 Å². The van der Waals surface area contributed by atoms with E-state index in [1.54, 1.807) is 24.3 Å². The third-order valence-corrected chi connectivity index (χ3v) is 3.69. The number of nitrogens with two attached hydrogens (primary N) is 2. The number of rotatable bonds is 2. The summed E-state index contributed by atoms with van der Waals surface area (Å²) in [5, 5.41) is 0.